The Morgan fingerprint density at radius 2 is 2.06 bits per heavy atom. The third-order valence-electron chi connectivity index (χ3n) is 3.11. The van der Waals surface area contributed by atoms with Gasteiger partial charge in [-0.25, -0.2) is 0 Å². The molecule has 16 heavy (non-hydrogen) atoms. The average Bonchev–Trinajstić information content (AvgIpc) is 2.76. The third kappa shape index (κ3) is 3.22. The summed E-state index contributed by atoms with van der Waals surface area (Å²) >= 11 is 3.52. The molecule has 1 aliphatic rings. The number of anilines is 1. The molecule has 1 N–H and O–H groups in total. The van der Waals surface area contributed by atoms with E-state index in [1.54, 1.807) is 0 Å². The Hall–Kier alpha value is -0.540. The molecule has 1 aliphatic heterocycles. The van der Waals surface area contributed by atoms with Crippen LogP contribution in [0, 0.1) is 6.92 Å². The van der Waals surface area contributed by atoms with Crippen molar-refractivity contribution in [2.24, 2.45) is 0 Å². The molecule has 2 rings (SSSR count). The molecule has 0 saturated carbocycles. The maximum atomic E-state index is 3.52. The lowest BCUT2D eigenvalue weighted by molar-refractivity contribution is 0.352. The Balaban J connectivity index is 1.78. The summed E-state index contributed by atoms with van der Waals surface area (Å²) in [7, 11) is 0. The van der Waals surface area contributed by atoms with Gasteiger partial charge >= 0.3 is 0 Å². The normalized spacial score (nSPS) is 16.6. The summed E-state index contributed by atoms with van der Waals surface area (Å²) in [6.45, 7) is 6.88. The SMILES string of the molecule is Cc1cc(NCCN2CCCC2)ccc1Br. The molecule has 0 amide bonds. The molecule has 1 fully saturated rings. The second-order valence-corrected chi connectivity index (χ2v) is 5.29. The van der Waals surface area contributed by atoms with Gasteiger partial charge in [-0.1, -0.05) is 15.9 Å². The lowest BCUT2D eigenvalue weighted by Crippen LogP contribution is -2.25. The van der Waals surface area contributed by atoms with Crippen LogP contribution < -0.4 is 5.32 Å². The van der Waals surface area contributed by atoms with Gasteiger partial charge in [-0.15, -0.1) is 0 Å². The predicted molar refractivity (Wildman–Crippen MR) is 73.0 cm³/mol. The van der Waals surface area contributed by atoms with Gasteiger partial charge in [0, 0.05) is 23.2 Å². The first-order chi connectivity index (χ1) is 7.75. The average molecular weight is 283 g/mol. The van der Waals surface area contributed by atoms with Crippen LogP contribution in [0.1, 0.15) is 18.4 Å². The highest BCUT2D eigenvalue weighted by atomic mass is 79.9. The highest BCUT2D eigenvalue weighted by Crippen LogP contribution is 2.19. The third-order valence-corrected chi connectivity index (χ3v) is 4.00. The van der Waals surface area contributed by atoms with Crippen molar-refractivity contribution in [1.82, 2.24) is 4.90 Å². The molecule has 0 aromatic heterocycles. The number of hydrogen-bond donors (Lipinski definition) is 1. The summed E-state index contributed by atoms with van der Waals surface area (Å²) < 4.78 is 1.18. The van der Waals surface area contributed by atoms with Gasteiger partial charge in [0.15, 0.2) is 0 Å². The molecule has 3 heteroatoms. The molecule has 88 valence electrons. The Bertz CT molecular complexity index is 346. The fourth-order valence-corrected chi connectivity index (χ4v) is 2.37. The Morgan fingerprint density at radius 3 is 2.75 bits per heavy atom. The number of nitrogens with one attached hydrogen (secondary N) is 1. The van der Waals surface area contributed by atoms with E-state index in [0.717, 1.165) is 13.1 Å². The molecular weight excluding hydrogens is 264 g/mol. The Morgan fingerprint density at radius 1 is 1.31 bits per heavy atom. The van der Waals surface area contributed by atoms with Crippen molar-refractivity contribution >= 4 is 21.6 Å². The van der Waals surface area contributed by atoms with E-state index in [1.165, 1.54) is 41.7 Å². The minimum absolute atomic E-state index is 1.04. The minimum Gasteiger partial charge on any atom is -0.384 e. The minimum atomic E-state index is 1.04. The van der Waals surface area contributed by atoms with Crippen LogP contribution in [0.15, 0.2) is 22.7 Å². The zero-order chi connectivity index (χ0) is 11.4. The first-order valence-corrected chi connectivity index (χ1v) is 6.77. The van der Waals surface area contributed by atoms with Gasteiger partial charge in [-0.05, 0) is 56.6 Å². The molecule has 0 bridgehead atoms. The number of benzene rings is 1. The molecule has 1 saturated heterocycles. The second kappa shape index (κ2) is 5.69. The summed E-state index contributed by atoms with van der Waals surface area (Å²) in [6.07, 6.45) is 2.74. The largest absolute Gasteiger partial charge is 0.384 e. The molecule has 2 nitrogen and oxygen atoms in total. The predicted octanol–water partition coefficient (Wildman–Crippen LogP) is 3.27. The number of rotatable bonds is 4. The van der Waals surface area contributed by atoms with E-state index in [9.17, 15) is 0 Å². The van der Waals surface area contributed by atoms with Gasteiger partial charge in [0.2, 0.25) is 0 Å². The lowest BCUT2D eigenvalue weighted by atomic mass is 10.2. The van der Waals surface area contributed by atoms with Crippen molar-refractivity contribution in [2.45, 2.75) is 19.8 Å². The molecule has 1 aromatic rings. The van der Waals surface area contributed by atoms with Gasteiger partial charge in [0.25, 0.3) is 0 Å². The number of nitrogens with zero attached hydrogens (tertiary/aromatic N) is 1. The van der Waals surface area contributed by atoms with Crippen LogP contribution in [0.25, 0.3) is 0 Å². The molecule has 1 heterocycles. The summed E-state index contributed by atoms with van der Waals surface area (Å²) in [6, 6.07) is 6.42. The van der Waals surface area contributed by atoms with Crippen molar-refractivity contribution in [3.63, 3.8) is 0 Å². The van der Waals surface area contributed by atoms with Gasteiger partial charge < -0.3 is 10.2 Å². The van der Waals surface area contributed by atoms with Crippen LogP contribution in [0.3, 0.4) is 0 Å². The van der Waals surface area contributed by atoms with Gasteiger partial charge in [0.05, 0.1) is 0 Å². The molecule has 0 atom stereocenters. The highest BCUT2D eigenvalue weighted by molar-refractivity contribution is 9.10. The number of likely N-dealkylation sites (tertiary alicyclic amines) is 1. The molecule has 0 spiro atoms. The molecule has 1 aromatic carbocycles. The van der Waals surface area contributed by atoms with Gasteiger partial charge in [0.1, 0.15) is 0 Å². The van der Waals surface area contributed by atoms with E-state index in [2.05, 4.69) is 51.3 Å². The fourth-order valence-electron chi connectivity index (χ4n) is 2.12. The molecule has 0 aliphatic carbocycles. The van der Waals surface area contributed by atoms with Crippen LogP contribution >= 0.6 is 15.9 Å². The van der Waals surface area contributed by atoms with Crippen molar-refractivity contribution < 1.29 is 0 Å². The topological polar surface area (TPSA) is 15.3 Å². The Labute approximate surface area is 106 Å². The highest BCUT2D eigenvalue weighted by Gasteiger charge is 2.10. The van der Waals surface area contributed by atoms with Crippen molar-refractivity contribution in [3.8, 4) is 0 Å². The van der Waals surface area contributed by atoms with Crippen LogP contribution in [-0.4, -0.2) is 31.1 Å². The van der Waals surface area contributed by atoms with Crippen LogP contribution in [0.5, 0.6) is 0 Å². The zero-order valence-electron chi connectivity index (χ0n) is 9.80. The molecule has 0 radical (unpaired) electrons. The zero-order valence-corrected chi connectivity index (χ0v) is 11.4. The summed E-state index contributed by atoms with van der Waals surface area (Å²) in [4.78, 5) is 2.53. The van der Waals surface area contributed by atoms with E-state index in [-0.39, 0.29) is 0 Å². The van der Waals surface area contributed by atoms with E-state index >= 15 is 0 Å². The first kappa shape index (κ1) is 11.9. The van der Waals surface area contributed by atoms with E-state index < -0.39 is 0 Å². The quantitative estimate of drug-likeness (QED) is 0.912. The lowest BCUT2D eigenvalue weighted by Gasteiger charge is -2.15. The maximum Gasteiger partial charge on any atom is 0.0344 e. The Kier molecular flexibility index (Phi) is 4.24. The number of halogens is 1. The standard InChI is InChI=1S/C13H19BrN2/c1-11-10-12(4-5-13(11)14)15-6-9-16-7-2-3-8-16/h4-5,10,15H,2-3,6-9H2,1H3. The number of hydrogen-bond acceptors (Lipinski definition) is 2. The van der Waals surface area contributed by atoms with E-state index in [4.69, 9.17) is 0 Å². The first-order valence-electron chi connectivity index (χ1n) is 5.98. The van der Waals surface area contributed by atoms with Crippen LogP contribution in [0.2, 0.25) is 0 Å². The maximum absolute atomic E-state index is 3.52. The van der Waals surface area contributed by atoms with E-state index in [1.807, 2.05) is 0 Å². The second-order valence-electron chi connectivity index (χ2n) is 4.44. The van der Waals surface area contributed by atoms with Crippen LogP contribution in [-0.2, 0) is 0 Å². The summed E-state index contributed by atoms with van der Waals surface area (Å²) in [5.41, 5.74) is 2.51. The van der Waals surface area contributed by atoms with Crippen molar-refractivity contribution in [3.05, 3.63) is 28.2 Å². The summed E-state index contributed by atoms with van der Waals surface area (Å²) in [5.74, 6) is 0. The van der Waals surface area contributed by atoms with Crippen molar-refractivity contribution in [2.75, 3.05) is 31.5 Å². The summed E-state index contributed by atoms with van der Waals surface area (Å²) in [5, 5.41) is 3.48. The molecular formula is C13H19BrN2. The van der Waals surface area contributed by atoms with Crippen LogP contribution in [0.4, 0.5) is 5.69 Å². The van der Waals surface area contributed by atoms with E-state index in [0.29, 0.717) is 0 Å². The number of aryl methyl sites for hydroxylation is 1. The van der Waals surface area contributed by atoms with Crippen molar-refractivity contribution in [1.29, 1.82) is 0 Å². The van der Waals surface area contributed by atoms with Gasteiger partial charge in [-0.3, -0.25) is 0 Å². The monoisotopic (exact) mass is 282 g/mol. The fraction of sp³-hybridized carbons (Fsp3) is 0.538. The van der Waals surface area contributed by atoms with Gasteiger partial charge in [-0.2, -0.15) is 0 Å². The molecule has 0 unspecified atom stereocenters. The smallest absolute Gasteiger partial charge is 0.0344 e.